The predicted molar refractivity (Wildman–Crippen MR) is 69.3 cm³/mol. The van der Waals surface area contributed by atoms with Crippen LogP contribution in [0, 0.1) is 0 Å². The highest BCUT2D eigenvalue weighted by molar-refractivity contribution is 5.34. The summed E-state index contributed by atoms with van der Waals surface area (Å²) in [6.07, 6.45) is 1.64. The Balaban J connectivity index is 2.08. The molecule has 0 amide bonds. The van der Waals surface area contributed by atoms with E-state index in [4.69, 9.17) is 9.47 Å². The highest BCUT2D eigenvalue weighted by Gasteiger charge is 2.01. The minimum absolute atomic E-state index is 0.499. The second-order valence-electron chi connectivity index (χ2n) is 3.47. The molecule has 94 valence electrons. The molecule has 0 atom stereocenters. The Hall–Kier alpha value is -2.30. The van der Waals surface area contributed by atoms with Crippen LogP contribution in [0.5, 0.6) is 17.4 Å². The predicted octanol–water partition coefficient (Wildman–Crippen LogP) is 2.71. The summed E-state index contributed by atoms with van der Waals surface area (Å²) in [5, 5.41) is 2.86. The minimum Gasteiger partial charge on any atom is -0.494 e. The van der Waals surface area contributed by atoms with E-state index in [2.05, 4.69) is 15.3 Å². The van der Waals surface area contributed by atoms with Gasteiger partial charge >= 0.3 is 0 Å². The van der Waals surface area contributed by atoms with Gasteiger partial charge in [-0.05, 0) is 31.2 Å². The highest BCUT2D eigenvalue weighted by atomic mass is 16.5. The Morgan fingerprint density at radius 2 is 1.83 bits per heavy atom. The molecule has 0 saturated heterocycles. The molecule has 18 heavy (non-hydrogen) atoms. The zero-order chi connectivity index (χ0) is 12.8. The quantitative estimate of drug-likeness (QED) is 0.877. The summed E-state index contributed by atoms with van der Waals surface area (Å²) < 4.78 is 11.0. The van der Waals surface area contributed by atoms with Gasteiger partial charge < -0.3 is 14.8 Å². The van der Waals surface area contributed by atoms with Crippen LogP contribution in [0.25, 0.3) is 0 Å². The number of ether oxygens (including phenoxy) is 2. The molecule has 0 unspecified atom stereocenters. The third-order valence-electron chi connectivity index (χ3n) is 2.21. The molecule has 0 radical (unpaired) electrons. The molecule has 1 N–H and O–H groups in total. The van der Waals surface area contributed by atoms with Gasteiger partial charge in [0.25, 0.3) is 0 Å². The number of benzene rings is 1. The molecule has 0 aliphatic heterocycles. The van der Waals surface area contributed by atoms with Crippen molar-refractivity contribution in [3.8, 4) is 17.4 Å². The molecule has 5 nitrogen and oxygen atoms in total. The molecule has 0 aliphatic rings. The van der Waals surface area contributed by atoms with Crippen molar-refractivity contribution in [2.75, 3.05) is 19.0 Å². The van der Waals surface area contributed by atoms with Crippen molar-refractivity contribution in [1.82, 2.24) is 9.97 Å². The molecule has 1 aromatic carbocycles. The lowest BCUT2D eigenvalue weighted by Crippen LogP contribution is -1.97. The van der Waals surface area contributed by atoms with Crippen molar-refractivity contribution in [3.63, 3.8) is 0 Å². The average Bonchev–Trinajstić information content (AvgIpc) is 2.42. The van der Waals surface area contributed by atoms with Crippen LogP contribution in [0.1, 0.15) is 6.92 Å². The van der Waals surface area contributed by atoms with Crippen LogP contribution in [-0.2, 0) is 0 Å². The first kappa shape index (κ1) is 12.2. The first-order chi connectivity index (χ1) is 8.81. The van der Waals surface area contributed by atoms with Crippen molar-refractivity contribution >= 4 is 5.95 Å². The largest absolute Gasteiger partial charge is 0.494 e. The van der Waals surface area contributed by atoms with Crippen LogP contribution in [-0.4, -0.2) is 23.6 Å². The van der Waals surface area contributed by atoms with Crippen molar-refractivity contribution < 1.29 is 9.47 Å². The normalized spacial score (nSPS) is 9.89. The van der Waals surface area contributed by atoms with E-state index in [1.165, 1.54) is 0 Å². The maximum absolute atomic E-state index is 5.61. The third kappa shape index (κ3) is 3.10. The highest BCUT2D eigenvalue weighted by Crippen LogP contribution is 2.22. The van der Waals surface area contributed by atoms with Crippen LogP contribution < -0.4 is 14.8 Å². The molecular formula is C13H15N3O2. The maximum Gasteiger partial charge on any atom is 0.225 e. The third-order valence-corrected chi connectivity index (χ3v) is 2.21. The lowest BCUT2D eigenvalue weighted by atomic mass is 10.3. The van der Waals surface area contributed by atoms with Gasteiger partial charge in [-0.2, -0.15) is 4.98 Å². The second-order valence-corrected chi connectivity index (χ2v) is 3.47. The monoisotopic (exact) mass is 245 g/mol. The molecule has 5 heteroatoms. The topological polar surface area (TPSA) is 56.3 Å². The molecule has 2 rings (SSSR count). The minimum atomic E-state index is 0.499. The summed E-state index contributed by atoms with van der Waals surface area (Å²) in [7, 11) is 1.76. The molecule has 2 aromatic rings. The molecular weight excluding hydrogens is 230 g/mol. The van der Waals surface area contributed by atoms with Crippen LogP contribution in [0.15, 0.2) is 36.5 Å². The number of rotatable bonds is 5. The van der Waals surface area contributed by atoms with E-state index in [0.717, 1.165) is 5.75 Å². The maximum atomic E-state index is 5.61. The van der Waals surface area contributed by atoms with E-state index in [-0.39, 0.29) is 0 Å². The lowest BCUT2D eigenvalue weighted by Gasteiger charge is -2.07. The molecule has 0 aliphatic carbocycles. The summed E-state index contributed by atoms with van der Waals surface area (Å²) in [6.45, 7) is 2.60. The summed E-state index contributed by atoms with van der Waals surface area (Å²) in [4.78, 5) is 8.19. The van der Waals surface area contributed by atoms with Gasteiger partial charge in [0, 0.05) is 19.3 Å². The standard InChI is InChI=1S/C13H15N3O2/c1-3-17-10-4-6-11(7-5-10)18-12-8-9-15-13(14-2)16-12/h4-9H,3H2,1-2H3,(H,14,15,16). The fraction of sp³-hybridized carbons (Fsp3) is 0.231. The van der Waals surface area contributed by atoms with Gasteiger partial charge in [0.2, 0.25) is 11.8 Å². The van der Waals surface area contributed by atoms with E-state index in [1.54, 1.807) is 19.3 Å². The number of hydrogen-bond donors (Lipinski definition) is 1. The summed E-state index contributed by atoms with van der Waals surface area (Å²) >= 11 is 0. The van der Waals surface area contributed by atoms with E-state index in [1.807, 2.05) is 31.2 Å². The van der Waals surface area contributed by atoms with Gasteiger partial charge in [0.05, 0.1) is 6.61 Å². The van der Waals surface area contributed by atoms with Crippen molar-refractivity contribution in [3.05, 3.63) is 36.5 Å². The number of anilines is 1. The van der Waals surface area contributed by atoms with Crippen molar-refractivity contribution in [2.24, 2.45) is 0 Å². The Morgan fingerprint density at radius 1 is 1.11 bits per heavy atom. The first-order valence-corrected chi connectivity index (χ1v) is 5.73. The lowest BCUT2D eigenvalue weighted by molar-refractivity contribution is 0.339. The first-order valence-electron chi connectivity index (χ1n) is 5.73. The molecule has 0 fully saturated rings. The van der Waals surface area contributed by atoms with E-state index >= 15 is 0 Å². The second kappa shape index (κ2) is 5.86. The number of nitrogens with one attached hydrogen (secondary N) is 1. The molecule has 0 bridgehead atoms. The van der Waals surface area contributed by atoms with Crippen LogP contribution in [0.3, 0.4) is 0 Å². The van der Waals surface area contributed by atoms with E-state index in [9.17, 15) is 0 Å². The van der Waals surface area contributed by atoms with Gasteiger partial charge in [0.1, 0.15) is 11.5 Å². The van der Waals surface area contributed by atoms with Gasteiger partial charge in [-0.3, -0.25) is 0 Å². The van der Waals surface area contributed by atoms with Crippen LogP contribution >= 0.6 is 0 Å². The number of nitrogens with zero attached hydrogens (tertiary/aromatic N) is 2. The number of hydrogen-bond acceptors (Lipinski definition) is 5. The smallest absolute Gasteiger partial charge is 0.225 e. The fourth-order valence-electron chi connectivity index (χ4n) is 1.41. The molecule has 0 saturated carbocycles. The summed E-state index contributed by atoms with van der Waals surface area (Å²) in [5.74, 6) is 2.56. The summed E-state index contributed by atoms with van der Waals surface area (Å²) in [6, 6.07) is 9.10. The van der Waals surface area contributed by atoms with Crippen molar-refractivity contribution in [2.45, 2.75) is 6.92 Å². The van der Waals surface area contributed by atoms with Gasteiger partial charge in [-0.25, -0.2) is 4.98 Å². The van der Waals surface area contributed by atoms with Crippen LogP contribution in [0.4, 0.5) is 5.95 Å². The zero-order valence-corrected chi connectivity index (χ0v) is 10.4. The van der Waals surface area contributed by atoms with E-state index < -0.39 is 0 Å². The fourth-order valence-corrected chi connectivity index (χ4v) is 1.41. The zero-order valence-electron chi connectivity index (χ0n) is 10.4. The van der Waals surface area contributed by atoms with Crippen molar-refractivity contribution in [1.29, 1.82) is 0 Å². The Kier molecular flexibility index (Phi) is 3.96. The van der Waals surface area contributed by atoms with E-state index in [0.29, 0.717) is 24.2 Å². The SMILES string of the molecule is CCOc1ccc(Oc2ccnc(NC)n2)cc1. The molecule has 1 heterocycles. The molecule has 1 aromatic heterocycles. The average molecular weight is 245 g/mol. The Bertz CT molecular complexity index is 500. The number of aromatic nitrogens is 2. The van der Waals surface area contributed by atoms with Gasteiger partial charge in [-0.15, -0.1) is 0 Å². The summed E-state index contributed by atoms with van der Waals surface area (Å²) in [5.41, 5.74) is 0. The van der Waals surface area contributed by atoms with Gasteiger partial charge in [-0.1, -0.05) is 0 Å². The van der Waals surface area contributed by atoms with Gasteiger partial charge in [0.15, 0.2) is 0 Å². The molecule has 0 spiro atoms. The Morgan fingerprint density at radius 3 is 2.50 bits per heavy atom. The Labute approximate surface area is 106 Å². The van der Waals surface area contributed by atoms with Crippen LogP contribution in [0.2, 0.25) is 0 Å².